The lowest BCUT2D eigenvalue weighted by atomic mass is 10.1. The fraction of sp³-hybridized carbons (Fsp3) is 0.706. The predicted octanol–water partition coefficient (Wildman–Crippen LogP) is -3.46. The fourth-order valence-corrected chi connectivity index (χ4v) is 3.52. The number of nitrogens with one attached hydrogen (secondary N) is 2. The zero-order chi connectivity index (χ0) is 26.1. The molecule has 0 aliphatic carbocycles. The van der Waals surface area contributed by atoms with Crippen molar-refractivity contribution in [2.24, 2.45) is 22.2 Å². The number of carboxylic acid groups (broad SMARTS) is 1. The van der Waals surface area contributed by atoms with Crippen molar-refractivity contribution in [3.63, 3.8) is 0 Å². The molecule has 0 saturated carbocycles. The number of carboxylic acids is 1. The van der Waals surface area contributed by atoms with Gasteiger partial charge in [0.1, 0.15) is 18.1 Å². The summed E-state index contributed by atoms with van der Waals surface area (Å²) in [6.07, 6.45) is 0.917. The van der Waals surface area contributed by atoms with Gasteiger partial charge < -0.3 is 47.6 Å². The van der Waals surface area contributed by atoms with E-state index in [9.17, 15) is 28.8 Å². The maximum atomic E-state index is 13.0. The Morgan fingerprint density at radius 3 is 2.38 bits per heavy atom. The minimum atomic E-state index is -4.96. The van der Waals surface area contributed by atoms with Gasteiger partial charge in [0.2, 0.25) is 17.7 Å². The molecule has 4 atom stereocenters. The lowest BCUT2D eigenvalue weighted by Gasteiger charge is -2.29. The summed E-state index contributed by atoms with van der Waals surface area (Å²) >= 11 is 0. The van der Waals surface area contributed by atoms with Crippen molar-refractivity contribution in [2.45, 2.75) is 56.8 Å². The van der Waals surface area contributed by atoms with Crippen LogP contribution in [0.4, 0.5) is 0 Å². The van der Waals surface area contributed by atoms with Crippen LogP contribution in [0.15, 0.2) is 4.99 Å². The van der Waals surface area contributed by atoms with E-state index in [2.05, 4.69) is 20.1 Å². The van der Waals surface area contributed by atoms with E-state index in [0.717, 1.165) is 4.90 Å². The number of phosphoric ester groups is 1. The van der Waals surface area contributed by atoms with Crippen molar-refractivity contribution >= 4 is 37.5 Å². The minimum Gasteiger partial charge on any atom is -0.480 e. The van der Waals surface area contributed by atoms with E-state index in [1.54, 1.807) is 0 Å². The van der Waals surface area contributed by atoms with Gasteiger partial charge in [-0.15, -0.1) is 0 Å². The molecule has 0 aromatic heterocycles. The van der Waals surface area contributed by atoms with E-state index in [0.29, 0.717) is 6.42 Å². The van der Waals surface area contributed by atoms with Crippen molar-refractivity contribution in [3.05, 3.63) is 0 Å². The van der Waals surface area contributed by atoms with Crippen LogP contribution in [-0.4, -0.2) is 93.3 Å². The zero-order valence-corrected chi connectivity index (χ0v) is 19.5. The molecule has 0 spiro atoms. The van der Waals surface area contributed by atoms with Crippen molar-refractivity contribution < 1.29 is 43.2 Å². The van der Waals surface area contributed by atoms with Crippen molar-refractivity contribution in [1.29, 1.82) is 0 Å². The molecule has 11 N–H and O–H groups in total. The molecular weight excluding hydrogens is 477 g/mol. The van der Waals surface area contributed by atoms with Crippen LogP contribution in [0.1, 0.15) is 32.6 Å². The Kier molecular flexibility index (Phi) is 11.4. The molecule has 1 aliphatic rings. The lowest BCUT2D eigenvalue weighted by Crippen LogP contribution is -2.57. The first-order valence-corrected chi connectivity index (χ1v) is 11.9. The Morgan fingerprint density at radius 2 is 1.85 bits per heavy atom. The van der Waals surface area contributed by atoms with Crippen molar-refractivity contribution in [1.82, 2.24) is 15.5 Å². The fourth-order valence-electron chi connectivity index (χ4n) is 3.18. The molecule has 1 rings (SSSR count). The highest BCUT2D eigenvalue weighted by atomic mass is 31.2. The van der Waals surface area contributed by atoms with Crippen LogP contribution in [0.3, 0.4) is 0 Å². The number of hydrogen-bond donors (Lipinski definition) is 8. The lowest BCUT2D eigenvalue weighted by molar-refractivity contribution is -0.145. The first kappa shape index (κ1) is 29.3. The number of rotatable bonds is 13. The monoisotopic (exact) mass is 509 g/mol. The number of likely N-dealkylation sites (tertiary alicyclic amines) is 1. The van der Waals surface area contributed by atoms with Crippen LogP contribution >= 0.6 is 7.82 Å². The topological polar surface area (TPSA) is 273 Å². The van der Waals surface area contributed by atoms with Gasteiger partial charge >= 0.3 is 13.8 Å². The summed E-state index contributed by atoms with van der Waals surface area (Å²) < 4.78 is 15.4. The number of aliphatic carboxylic acids is 1. The second-order valence-electron chi connectivity index (χ2n) is 7.67. The van der Waals surface area contributed by atoms with Crippen LogP contribution in [-0.2, 0) is 28.3 Å². The normalized spacial score (nSPS) is 18.5. The largest absolute Gasteiger partial charge is 0.480 e. The first-order valence-electron chi connectivity index (χ1n) is 10.4. The molecule has 1 fully saturated rings. The van der Waals surface area contributed by atoms with E-state index >= 15 is 0 Å². The SMILES string of the molecule is C[C@H](N)C(=O)N[C@@H](COP(=O)(O)O)C(=O)N1CCC[C@H]1C(=O)N[C@@H](CCCN=C(N)N)C(=O)O. The Labute approximate surface area is 195 Å². The summed E-state index contributed by atoms with van der Waals surface area (Å²) in [5, 5.41) is 14.0. The third-order valence-corrected chi connectivity index (χ3v) is 5.32. The van der Waals surface area contributed by atoms with Gasteiger partial charge in [0.25, 0.3) is 0 Å². The van der Waals surface area contributed by atoms with Gasteiger partial charge in [-0.1, -0.05) is 0 Å². The summed E-state index contributed by atoms with van der Waals surface area (Å²) in [5.41, 5.74) is 15.9. The summed E-state index contributed by atoms with van der Waals surface area (Å²) in [4.78, 5) is 72.1. The molecule has 194 valence electrons. The number of aliphatic imine (C=N–C) groups is 1. The van der Waals surface area contributed by atoms with E-state index < -0.39 is 62.3 Å². The van der Waals surface area contributed by atoms with Crippen LogP contribution in [0.2, 0.25) is 0 Å². The number of nitrogens with zero attached hydrogens (tertiary/aromatic N) is 2. The Balaban J connectivity index is 2.92. The third kappa shape index (κ3) is 10.0. The second kappa shape index (κ2) is 13.2. The van der Waals surface area contributed by atoms with E-state index in [1.807, 2.05) is 0 Å². The second-order valence-corrected chi connectivity index (χ2v) is 8.91. The molecule has 3 amide bonds. The standard InChI is InChI=1S/C17H32N7O9P/c1-9(18)13(25)23-11(8-33-34(30,31)32)15(27)24-7-3-5-12(24)14(26)22-10(16(28)29)4-2-6-21-17(19)20/h9-12H,2-8,18H2,1H3,(H,22,26)(H,23,25)(H,28,29)(H4,19,20,21)(H2,30,31,32)/t9-,10-,11-,12-/m0/s1. The quantitative estimate of drug-likeness (QED) is 0.0521. The summed E-state index contributed by atoms with van der Waals surface area (Å²) in [6.45, 7) is 0.733. The number of guanidine groups is 1. The van der Waals surface area contributed by atoms with Gasteiger partial charge in [0, 0.05) is 13.1 Å². The third-order valence-electron chi connectivity index (χ3n) is 4.84. The van der Waals surface area contributed by atoms with Gasteiger partial charge in [-0.05, 0) is 32.6 Å². The van der Waals surface area contributed by atoms with Gasteiger partial charge in [0.05, 0.1) is 12.6 Å². The number of carbonyl (C=O) groups is 4. The molecule has 17 heteroatoms. The Morgan fingerprint density at radius 1 is 1.21 bits per heavy atom. The Bertz CT molecular complexity index is 828. The maximum Gasteiger partial charge on any atom is 0.469 e. The van der Waals surface area contributed by atoms with E-state index in [4.69, 9.17) is 27.0 Å². The van der Waals surface area contributed by atoms with Crippen LogP contribution in [0.5, 0.6) is 0 Å². The van der Waals surface area contributed by atoms with Crippen molar-refractivity contribution in [3.8, 4) is 0 Å². The van der Waals surface area contributed by atoms with E-state index in [1.165, 1.54) is 6.92 Å². The highest BCUT2D eigenvalue weighted by Crippen LogP contribution is 2.35. The summed E-state index contributed by atoms with van der Waals surface area (Å²) in [5.74, 6) is -3.77. The van der Waals surface area contributed by atoms with Crippen LogP contribution < -0.4 is 27.8 Å². The van der Waals surface area contributed by atoms with Crippen LogP contribution in [0.25, 0.3) is 0 Å². The molecule has 0 aromatic carbocycles. The van der Waals surface area contributed by atoms with Crippen LogP contribution in [0, 0.1) is 0 Å². The zero-order valence-electron chi connectivity index (χ0n) is 18.6. The molecule has 1 aliphatic heterocycles. The molecular formula is C17H32N7O9P. The number of hydrogen-bond acceptors (Lipinski definition) is 8. The predicted molar refractivity (Wildman–Crippen MR) is 118 cm³/mol. The van der Waals surface area contributed by atoms with Gasteiger partial charge in [-0.2, -0.15) is 0 Å². The molecule has 1 saturated heterocycles. The van der Waals surface area contributed by atoms with Crippen molar-refractivity contribution in [2.75, 3.05) is 19.7 Å². The van der Waals surface area contributed by atoms with Gasteiger partial charge in [-0.25, -0.2) is 9.36 Å². The molecule has 1 heterocycles. The van der Waals surface area contributed by atoms with Gasteiger partial charge in [-0.3, -0.25) is 23.9 Å². The maximum absolute atomic E-state index is 13.0. The highest BCUT2D eigenvalue weighted by Gasteiger charge is 2.39. The molecule has 16 nitrogen and oxygen atoms in total. The summed E-state index contributed by atoms with van der Waals surface area (Å²) in [7, 11) is -4.96. The molecule has 0 bridgehead atoms. The molecule has 0 aromatic rings. The molecule has 0 radical (unpaired) electrons. The minimum absolute atomic E-state index is 0.0295. The Hall–Kier alpha value is -2.78. The smallest absolute Gasteiger partial charge is 0.469 e. The highest BCUT2D eigenvalue weighted by molar-refractivity contribution is 7.46. The number of carbonyl (C=O) groups excluding carboxylic acids is 3. The summed E-state index contributed by atoms with van der Waals surface area (Å²) in [6, 6.07) is -4.88. The van der Waals surface area contributed by atoms with Gasteiger partial charge in [0.15, 0.2) is 5.96 Å². The molecule has 34 heavy (non-hydrogen) atoms. The average Bonchev–Trinajstić information content (AvgIpc) is 3.21. The number of amides is 3. The van der Waals surface area contributed by atoms with E-state index in [-0.39, 0.29) is 38.3 Å². The average molecular weight is 509 g/mol. The molecule has 0 unspecified atom stereocenters. The number of nitrogens with two attached hydrogens (primary N) is 3. The number of phosphoric acid groups is 1. The first-order chi connectivity index (χ1) is 15.7.